The van der Waals surface area contributed by atoms with Crippen LogP contribution in [0.1, 0.15) is 16.7 Å². The highest BCUT2D eigenvalue weighted by Crippen LogP contribution is 2.31. The van der Waals surface area contributed by atoms with Crippen LogP contribution >= 0.6 is 15.9 Å². The van der Waals surface area contributed by atoms with E-state index in [1.807, 2.05) is 0 Å². The Hall–Kier alpha value is -0.990. The molecule has 0 saturated carbocycles. The summed E-state index contributed by atoms with van der Waals surface area (Å²) in [6.07, 6.45) is -0.0193. The van der Waals surface area contributed by atoms with E-state index in [2.05, 4.69) is 56.9 Å². The quantitative estimate of drug-likeness (QED) is 0.723. The summed E-state index contributed by atoms with van der Waals surface area (Å²) < 4.78 is 12.2. The standard InChI is InChI=1S/C20H28BrN3O3/c1-14-11-16(21)12-15(2)18(14)19-17(13-23-3-7-25-8-4-23)20(27-22-19)24-5-9-26-10-6-24/h11-12,17,20H,3-10,13H2,1-2H3/t17-,20-/m1/s1. The lowest BCUT2D eigenvalue weighted by Gasteiger charge is -2.36. The van der Waals surface area contributed by atoms with Crippen molar-refractivity contribution in [2.24, 2.45) is 11.1 Å². The minimum absolute atomic E-state index is 0.0193. The molecule has 0 N–H and O–H groups in total. The Kier molecular flexibility index (Phi) is 6.14. The minimum atomic E-state index is -0.0193. The van der Waals surface area contributed by atoms with Gasteiger partial charge in [-0.25, -0.2) is 0 Å². The third-order valence-electron chi connectivity index (χ3n) is 5.67. The molecule has 1 aromatic carbocycles. The molecule has 2 fully saturated rings. The molecular weight excluding hydrogens is 410 g/mol. The molecule has 0 aromatic heterocycles. The first-order valence-electron chi connectivity index (χ1n) is 9.76. The van der Waals surface area contributed by atoms with Gasteiger partial charge < -0.3 is 14.3 Å². The van der Waals surface area contributed by atoms with Crippen LogP contribution in [-0.4, -0.2) is 80.9 Å². The summed E-state index contributed by atoms with van der Waals surface area (Å²) in [6, 6.07) is 4.33. The molecule has 0 aliphatic carbocycles. The van der Waals surface area contributed by atoms with Crippen molar-refractivity contribution in [2.75, 3.05) is 59.2 Å². The van der Waals surface area contributed by atoms with E-state index in [-0.39, 0.29) is 12.1 Å². The molecule has 6 nitrogen and oxygen atoms in total. The third kappa shape index (κ3) is 4.22. The van der Waals surface area contributed by atoms with Crippen molar-refractivity contribution < 1.29 is 14.3 Å². The molecule has 0 bridgehead atoms. The molecule has 3 aliphatic rings. The molecule has 7 heteroatoms. The summed E-state index contributed by atoms with van der Waals surface area (Å²) in [5.74, 6) is 0.222. The number of hydrogen-bond acceptors (Lipinski definition) is 6. The van der Waals surface area contributed by atoms with Crippen LogP contribution in [0.3, 0.4) is 0 Å². The van der Waals surface area contributed by atoms with Crippen molar-refractivity contribution in [3.63, 3.8) is 0 Å². The lowest BCUT2D eigenvalue weighted by Crippen LogP contribution is -2.51. The van der Waals surface area contributed by atoms with Crippen molar-refractivity contribution in [1.29, 1.82) is 0 Å². The van der Waals surface area contributed by atoms with Crippen molar-refractivity contribution in [1.82, 2.24) is 9.80 Å². The minimum Gasteiger partial charge on any atom is -0.379 e. The zero-order valence-corrected chi connectivity index (χ0v) is 17.7. The fourth-order valence-electron chi connectivity index (χ4n) is 4.32. The van der Waals surface area contributed by atoms with E-state index >= 15 is 0 Å². The highest BCUT2D eigenvalue weighted by Gasteiger charge is 2.41. The largest absolute Gasteiger partial charge is 0.379 e. The first kappa shape index (κ1) is 19.3. The van der Waals surface area contributed by atoms with Gasteiger partial charge in [0, 0.05) is 42.8 Å². The SMILES string of the molecule is Cc1cc(Br)cc(C)c1C1=NO[C@@H](N2CCOCC2)[C@@H]1CN1CCOCC1. The monoisotopic (exact) mass is 437 g/mol. The van der Waals surface area contributed by atoms with E-state index in [0.29, 0.717) is 0 Å². The van der Waals surface area contributed by atoms with E-state index in [4.69, 9.17) is 14.3 Å². The number of nitrogens with zero attached hydrogens (tertiary/aromatic N) is 3. The summed E-state index contributed by atoms with van der Waals surface area (Å²) in [6.45, 7) is 12.1. The zero-order chi connectivity index (χ0) is 18.8. The maximum Gasteiger partial charge on any atom is 0.191 e. The van der Waals surface area contributed by atoms with Crippen molar-refractivity contribution >= 4 is 21.6 Å². The van der Waals surface area contributed by atoms with Gasteiger partial charge in [0.2, 0.25) is 0 Å². The zero-order valence-electron chi connectivity index (χ0n) is 16.1. The summed E-state index contributed by atoms with van der Waals surface area (Å²) in [5, 5.41) is 4.62. The molecule has 1 aromatic rings. The average Bonchev–Trinajstić information content (AvgIpc) is 3.06. The van der Waals surface area contributed by atoms with Crippen LogP contribution in [0.15, 0.2) is 21.8 Å². The Bertz CT molecular complexity index is 677. The molecule has 3 aliphatic heterocycles. The van der Waals surface area contributed by atoms with Gasteiger partial charge in [-0.2, -0.15) is 0 Å². The van der Waals surface area contributed by atoms with Gasteiger partial charge >= 0.3 is 0 Å². The van der Waals surface area contributed by atoms with Gasteiger partial charge in [-0.3, -0.25) is 9.80 Å². The normalized spacial score (nSPS) is 27.4. The third-order valence-corrected chi connectivity index (χ3v) is 6.13. The van der Waals surface area contributed by atoms with E-state index < -0.39 is 0 Å². The number of ether oxygens (including phenoxy) is 2. The van der Waals surface area contributed by atoms with Crippen molar-refractivity contribution in [2.45, 2.75) is 20.1 Å². The molecule has 0 radical (unpaired) electrons. The Labute approximate surface area is 169 Å². The van der Waals surface area contributed by atoms with Crippen LogP contribution in [0.25, 0.3) is 0 Å². The maximum absolute atomic E-state index is 6.04. The molecule has 27 heavy (non-hydrogen) atoms. The van der Waals surface area contributed by atoms with Crippen LogP contribution in [0.4, 0.5) is 0 Å². The lowest BCUT2D eigenvalue weighted by molar-refractivity contribution is -0.102. The Morgan fingerprint density at radius 2 is 1.59 bits per heavy atom. The van der Waals surface area contributed by atoms with Crippen LogP contribution in [0.5, 0.6) is 0 Å². The van der Waals surface area contributed by atoms with Crippen LogP contribution in [0, 0.1) is 19.8 Å². The lowest BCUT2D eigenvalue weighted by atomic mass is 9.89. The Morgan fingerprint density at radius 1 is 1.00 bits per heavy atom. The Morgan fingerprint density at radius 3 is 2.22 bits per heavy atom. The van der Waals surface area contributed by atoms with Gasteiger partial charge in [0.05, 0.1) is 38.1 Å². The first-order chi connectivity index (χ1) is 13.1. The maximum atomic E-state index is 6.04. The molecule has 2 saturated heterocycles. The van der Waals surface area contributed by atoms with E-state index in [1.165, 1.54) is 16.7 Å². The highest BCUT2D eigenvalue weighted by molar-refractivity contribution is 9.10. The number of morpholine rings is 2. The number of hydrogen-bond donors (Lipinski definition) is 0. The molecule has 0 unspecified atom stereocenters. The fourth-order valence-corrected chi connectivity index (χ4v) is 5.01. The number of benzene rings is 1. The summed E-state index contributed by atoms with van der Waals surface area (Å²) in [5.41, 5.74) is 4.78. The topological polar surface area (TPSA) is 46.5 Å². The molecular formula is C20H28BrN3O3. The Balaban J connectivity index is 1.62. The molecule has 0 spiro atoms. The number of halogens is 1. The predicted octanol–water partition coefficient (Wildman–Crippen LogP) is 2.41. The van der Waals surface area contributed by atoms with Gasteiger partial charge in [0.1, 0.15) is 0 Å². The van der Waals surface area contributed by atoms with Gasteiger partial charge in [0.25, 0.3) is 0 Å². The first-order valence-corrected chi connectivity index (χ1v) is 10.6. The van der Waals surface area contributed by atoms with E-state index in [1.54, 1.807) is 0 Å². The average molecular weight is 438 g/mol. The molecule has 3 heterocycles. The smallest absolute Gasteiger partial charge is 0.191 e. The van der Waals surface area contributed by atoms with Crippen molar-refractivity contribution in [3.05, 3.63) is 33.3 Å². The molecule has 148 valence electrons. The van der Waals surface area contributed by atoms with Gasteiger partial charge in [-0.05, 0) is 37.1 Å². The predicted molar refractivity (Wildman–Crippen MR) is 108 cm³/mol. The van der Waals surface area contributed by atoms with E-state index in [0.717, 1.165) is 69.3 Å². The summed E-state index contributed by atoms with van der Waals surface area (Å²) >= 11 is 3.61. The van der Waals surface area contributed by atoms with Gasteiger partial charge in [-0.1, -0.05) is 21.1 Å². The summed E-state index contributed by atoms with van der Waals surface area (Å²) in [4.78, 5) is 10.9. The van der Waals surface area contributed by atoms with E-state index in [9.17, 15) is 0 Å². The second kappa shape index (κ2) is 8.57. The van der Waals surface area contributed by atoms with Gasteiger partial charge in [0.15, 0.2) is 6.23 Å². The second-order valence-electron chi connectivity index (χ2n) is 7.55. The molecule has 0 amide bonds. The fraction of sp³-hybridized carbons (Fsp3) is 0.650. The van der Waals surface area contributed by atoms with Crippen molar-refractivity contribution in [3.8, 4) is 0 Å². The summed E-state index contributed by atoms with van der Waals surface area (Å²) in [7, 11) is 0. The number of oxime groups is 1. The molecule has 4 rings (SSSR count). The van der Waals surface area contributed by atoms with Crippen LogP contribution < -0.4 is 0 Å². The number of aryl methyl sites for hydroxylation is 2. The molecule has 2 atom stereocenters. The van der Waals surface area contributed by atoms with Gasteiger partial charge in [-0.15, -0.1) is 0 Å². The second-order valence-corrected chi connectivity index (χ2v) is 8.47. The number of rotatable bonds is 4. The van der Waals surface area contributed by atoms with Crippen LogP contribution in [-0.2, 0) is 14.3 Å². The highest BCUT2D eigenvalue weighted by atomic mass is 79.9. The van der Waals surface area contributed by atoms with Crippen LogP contribution in [0.2, 0.25) is 0 Å².